The first-order chi connectivity index (χ1) is 10.7. The fraction of sp³-hybridized carbons (Fsp3) is 0.611. The minimum Gasteiger partial charge on any atom is -0.356 e. The number of hydrogen-bond donors (Lipinski definition) is 2. The van der Waals surface area contributed by atoms with E-state index in [1.165, 1.54) is 24.0 Å². The Bertz CT molecular complexity index is 484. The zero-order chi connectivity index (χ0) is 15.8. The predicted octanol–water partition coefficient (Wildman–Crippen LogP) is 2.40. The standard InChI is InChI=1S/C18H30N4/c1-4-5-11-20-18(19-3)21-13-15(2)22-12-10-16-8-6-7-9-17(16)14-22/h6-9,15H,4-5,10-14H2,1-3H3,(H2,19,20,21). The molecule has 1 aliphatic rings. The lowest BCUT2D eigenvalue weighted by atomic mass is 9.99. The molecular weight excluding hydrogens is 272 g/mol. The van der Waals surface area contributed by atoms with Crippen molar-refractivity contribution in [3.63, 3.8) is 0 Å². The van der Waals surface area contributed by atoms with E-state index < -0.39 is 0 Å². The number of nitrogens with one attached hydrogen (secondary N) is 2. The highest BCUT2D eigenvalue weighted by molar-refractivity contribution is 5.79. The van der Waals surface area contributed by atoms with Crippen LogP contribution in [0.3, 0.4) is 0 Å². The molecule has 0 spiro atoms. The topological polar surface area (TPSA) is 39.7 Å². The summed E-state index contributed by atoms with van der Waals surface area (Å²) in [5.41, 5.74) is 2.99. The molecule has 0 amide bonds. The van der Waals surface area contributed by atoms with Crippen LogP contribution in [0.4, 0.5) is 0 Å². The summed E-state index contributed by atoms with van der Waals surface area (Å²) in [6.45, 7) is 8.60. The lowest BCUT2D eigenvalue weighted by Crippen LogP contribution is -2.47. The summed E-state index contributed by atoms with van der Waals surface area (Å²) in [5.74, 6) is 0.915. The maximum atomic E-state index is 4.29. The maximum Gasteiger partial charge on any atom is 0.191 e. The zero-order valence-electron chi connectivity index (χ0n) is 14.2. The summed E-state index contributed by atoms with van der Waals surface area (Å²) in [6.07, 6.45) is 3.54. The first-order valence-corrected chi connectivity index (χ1v) is 8.50. The number of aliphatic imine (C=N–C) groups is 1. The van der Waals surface area contributed by atoms with Gasteiger partial charge in [0.2, 0.25) is 0 Å². The Kier molecular flexibility index (Phi) is 6.72. The Morgan fingerprint density at radius 3 is 2.77 bits per heavy atom. The van der Waals surface area contributed by atoms with E-state index in [1.807, 2.05) is 7.05 Å². The van der Waals surface area contributed by atoms with Crippen LogP contribution in [0.5, 0.6) is 0 Å². The molecule has 0 aliphatic carbocycles. The third-order valence-corrected chi connectivity index (χ3v) is 4.39. The largest absolute Gasteiger partial charge is 0.356 e. The Morgan fingerprint density at radius 2 is 2.05 bits per heavy atom. The number of unbranched alkanes of at least 4 members (excludes halogenated alkanes) is 1. The van der Waals surface area contributed by atoms with E-state index in [4.69, 9.17) is 0 Å². The van der Waals surface area contributed by atoms with Crippen molar-refractivity contribution in [2.75, 3.05) is 26.7 Å². The molecule has 22 heavy (non-hydrogen) atoms. The van der Waals surface area contributed by atoms with E-state index in [-0.39, 0.29) is 0 Å². The zero-order valence-corrected chi connectivity index (χ0v) is 14.2. The molecule has 0 radical (unpaired) electrons. The molecule has 0 saturated carbocycles. The quantitative estimate of drug-likeness (QED) is 0.481. The predicted molar refractivity (Wildman–Crippen MR) is 94.3 cm³/mol. The van der Waals surface area contributed by atoms with Gasteiger partial charge in [0, 0.05) is 39.3 Å². The smallest absolute Gasteiger partial charge is 0.191 e. The second kappa shape index (κ2) is 8.79. The monoisotopic (exact) mass is 302 g/mol. The molecule has 2 N–H and O–H groups in total. The number of fused-ring (bicyclic) bond motifs is 1. The summed E-state index contributed by atoms with van der Waals surface area (Å²) in [5, 5.41) is 6.81. The van der Waals surface area contributed by atoms with E-state index in [2.05, 4.69) is 58.6 Å². The van der Waals surface area contributed by atoms with Crippen LogP contribution in [-0.4, -0.2) is 43.6 Å². The van der Waals surface area contributed by atoms with Crippen molar-refractivity contribution in [3.8, 4) is 0 Å². The molecule has 0 aromatic heterocycles. The highest BCUT2D eigenvalue weighted by atomic mass is 15.2. The molecule has 1 aliphatic heterocycles. The molecule has 1 aromatic rings. The van der Waals surface area contributed by atoms with Crippen molar-refractivity contribution in [2.24, 2.45) is 4.99 Å². The van der Waals surface area contributed by atoms with Crippen molar-refractivity contribution >= 4 is 5.96 Å². The molecule has 1 unspecified atom stereocenters. The molecular formula is C18H30N4. The fourth-order valence-electron chi connectivity index (χ4n) is 2.87. The van der Waals surface area contributed by atoms with Gasteiger partial charge >= 0.3 is 0 Å². The van der Waals surface area contributed by atoms with Gasteiger partial charge in [0.25, 0.3) is 0 Å². The lowest BCUT2D eigenvalue weighted by molar-refractivity contribution is 0.191. The Balaban J connectivity index is 1.79. The van der Waals surface area contributed by atoms with Gasteiger partial charge in [0.1, 0.15) is 0 Å². The highest BCUT2D eigenvalue weighted by Crippen LogP contribution is 2.19. The van der Waals surface area contributed by atoms with Gasteiger partial charge in [-0.1, -0.05) is 37.6 Å². The molecule has 0 fully saturated rings. The molecule has 4 heteroatoms. The molecule has 1 atom stereocenters. The molecule has 4 nitrogen and oxygen atoms in total. The van der Waals surface area contributed by atoms with Gasteiger partial charge in [-0.15, -0.1) is 0 Å². The van der Waals surface area contributed by atoms with Crippen molar-refractivity contribution in [1.29, 1.82) is 0 Å². The second-order valence-corrected chi connectivity index (χ2v) is 6.07. The lowest BCUT2D eigenvalue weighted by Gasteiger charge is -2.34. The van der Waals surface area contributed by atoms with Gasteiger partial charge in [0.05, 0.1) is 0 Å². The minimum atomic E-state index is 0.498. The SMILES string of the molecule is CCCCNC(=NC)NCC(C)N1CCc2ccccc2C1. The van der Waals surface area contributed by atoms with Crippen LogP contribution < -0.4 is 10.6 Å². The van der Waals surface area contributed by atoms with Gasteiger partial charge < -0.3 is 10.6 Å². The highest BCUT2D eigenvalue weighted by Gasteiger charge is 2.20. The molecule has 2 rings (SSSR count). The average Bonchev–Trinajstić information content (AvgIpc) is 2.57. The molecule has 0 bridgehead atoms. The van der Waals surface area contributed by atoms with Crippen molar-refractivity contribution in [2.45, 2.75) is 45.7 Å². The van der Waals surface area contributed by atoms with Gasteiger partial charge in [-0.3, -0.25) is 9.89 Å². The van der Waals surface area contributed by atoms with Crippen molar-refractivity contribution in [3.05, 3.63) is 35.4 Å². The van der Waals surface area contributed by atoms with E-state index in [0.29, 0.717) is 6.04 Å². The Hall–Kier alpha value is -1.55. The third-order valence-electron chi connectivity index (χ3n) is 4.39. The number of guanidine groups is 1. The molecule has 1 aromatic carbocycles. The number of benzene rings is 1. The van der Waals surface area contributed by atoms with Crippen LogP contribution in [0, 0.1) is 0 Å². The maximum absolute atomic E-state index is 4.29. The van der Waals surface area contributed by atoms with E-state index in [9.17, 15) is 0 Å². The first kappa shape index (κ1) is 16.8. The van der Waals surface area contributed by atoms with E-state index in [1.54, 1.807) is 0 Å². The van der Waals surface area contributed by atoms with Crippen molar-refractivity contribution in [1.82, 2.24) is 15.5 Å². The van der Waals surface area contributed by atoms with Crippen molar-refractivity contribution < 1.29 is 0 Å². The summed E-state index contributed by atoms with van der Waals surface area (Å²) in [7, 11) is 1.84. The van der Waals surface area contributed by atoms with Gasteiger partial charge in [0.15, 0.2) is 5.96 Å². The van der Waals surface area contributed by atoms with Gasteiger partial charge in [-0.25, -0.2) is 0 Å². The van der Waals surface area contributed by atoms with Crippen LogP contribution in [0.2, 0.25) is 0 Å². The average molecular weight is 302 g/mol. The van der Waals surface area contributed by atoms with Gasteiger partial charge in [-0.2, -0.15) is 0 Å². The first-order valence-electron chi connectivity index (χ1n) is 8.50. The van der Waals surface area contributed by atoms with Crippen LogP contribution >= 0.6 is 0 Å². The number of rotatable bonds is 6. The summed E-state index contributed by atoms with van der Waals surface area (Å²) >= 11 is 0. The van der Waals surface area contributed by atoms with Crippen LogP contribution in [0.15, 0.2) is 29.3 Å². The van der Waals surface area contributed by atoms with E-state index >= 15 is 0 Å². The number of hydrogen-bond acceptors (Lipinski definition) is 2. The summed E-state index contributed by atoms with van der Waals surface area (Å²) in [4.78, 5) is 6.84. The minimum absolute atomic E-state index is 0.498. The van der Waals surface area contributed by atoms with Crippen LogP contribution in [0.1, 0.15) is 37.8 Å². The Morgan fingerprint density at radius 1 is 1.27 bits per heavy atom. The van der Waals surface area contributed by atoms with Crippen LogP contribution in [-0.2, 0) is 13.0 Å². The molecule has 1 heterocycles. The summed E-state index contributed by atoms with van der Waals surface area (Å²) < 4.78 is 0. The Labute approximate surface area is 135 Å². The normalized spacial score (nSPS) is 17.0. The number of nitrogens with zero attached hydrogens (tertiary/aromatic N) is 2. The van der Waals surface area contributed by atoms with E-state index in [0.717, 1.165) is 38.6 Å². The second-order valence-electron chi connectivity index (χ2n) is 6.07. The molecule has 0 saturated heterocycles. The summed E-state index contributed by atoms with van der Waals surface area (Å²) in [6, 6.07) is 9.30. The van der Waals surface area contributed by atoms with Gasteiger partial charge in [-0.05, 0) is 30.9 Å². The molecule has 122 valence electrons. The van der Waals surface area contributed by atoms with Crippen LogP contribution in [0.25, 0.3) is 0 Å². The third kappa shape index (κ3) is 4.73. The fourth-order valence-corrected chi connectivity index (χ4v) is 2.87.